The van der Waals surface area contributed by atoms with E-state index >= 15 is 0 Å². The lowest BCUT2D eigenvalue weighted by atomic mass is 10.4. The minimum Gasteiger partial charge on any atom is -0.396 e. The van der Waals surface area contributed by atoms with Gasteiger partial charge in [0.25, 0.3) is 0 Å². The Morgan fingerprint density at radius 3 is 1.15 bits per heavy atom. The first-order valence-electron chi connectivity index (χ1n) is 9.41. The van der Waals surface area contributed by atoms with Crippen LogP contribution in [0.3, 0.4) is 0 Å². The summed E-state index contributed by atoms with van der Waals surface area (Å²) >= 11 is 0. The highest BCUT2D eigenvalue weighted by Crippen LogP contribution is 2.04. The number of rotatable bonds is 6. The summed E-state index contributed by atoms with van der Waals surface area (Å²) in [4.78, 5) is 0. The molecule has 4 saturated heterocycles. The number of hydrogen-bond acceptors (Lipinski definition) is 8. The summed E-state index contributed by atoms with van der Waals surface area (Å²) in [5.41, 5.74) is 0. The van der Waals surface area contributed by atoms with E-state index in [1.807, 2.05) is 0 Å². The van der Waals surface area contributed by atoms with Gasteiger partial charge in [0.15, 0.2) is 0 Å². The lowest BCUT2D eigenvalue weighted by Gasteiger charge is -1.94. The van der Waals surface area contributed by atoms with E-state index in [1.54, 1.807) is 0 Å². The molecule has 0 amide bonds. The van der Waals surface area contributed by atoms with Gasteiger partial charge in [-0.25, -0.2) is 0 Å². The summed E-state index contributed by atoms with van der Waals surface area (Å²) in [6.45, 7) is 13.2. The fourth-order valence-corrected chi connectivity index (χ4v) is 0.582. The van der Waals surface area contributed by atoms with Crippen molar-refractivity contribution in [3.8, 4) is 0 Å². The maximum atomic E-state index is 8.09. The number of aliphatic hydroxyl groups excluding tert-OH is 3. The highest BCUT2D eigenvalue weighted by Gasteiger charge is 2.13. The minimum atomic E-state index is 0.0278. The normalized spacial score (nSPS) is 21.9. The molecular formula is C18H40O8. The summed E-state index contributed by atoms with van der Waals surface area (Å²) in [5, 5.41) is 24.2. The monoisotopic (exact) mass is 384 g/mol. The van der Waals surface area contributed by atoms with Gasteiger partial charge in [-0.15, -0.1) is 0 Å². The molecule has 0 bridgehead atoms. The van der Waals surface area contributed by atoms with Crippen LogP contribution < -0.4 is 0 Å². The molecule has 8 heteroatoms. The molecule has 0 aromatic heterocycles. The molecule has 0 spiro atoms. The molecule has 0 radical (unpaired) electrons. The topological polar surface area (TPSA) is 120 Å². The number of aliphatic hydroxyl groups is 3. The molecule has 160 valence electrons. The van der Waals surface area contributed by atoms with E-state index in [0.717, 1.165) is 52.5 Å². The van der Waals surface area contributed by atoms with Gasteiger partial charge in [-0.1, -0.05) is 13.3 Å². The quantitative estimate of drug-likeness (QED) is 0.450. The molecule has 4 aliphatic rings. The molecule has 3 N–H and O–H groups in total. The van der Waals surface area contributed by atoms with Gasteiger partial charge in [-0.3, -0.25) is 0 Å². The smallest absolute Gasteiger partial charge is 0.0781 e. The van der Waals surface area contributed by atoms with Gasteiger partial charge in [-0.2, -0.15) is 0 Å². The van der Waals surface area contributed by atoms with Crippen molar-refractivity contribution in [1.82, 2.24) is 0 Å². The van der Waals surface area contributed by atoms with Gasteiger partial charge in [0.2, 0.25) is 0 Å². The summed E-state index contributed by atoms with van der Waals surface area (Å²) < 4.78 is 23.0. The van der Waals surface area contributed by atoms with Gasteiger partial charge < -0.3 is 39.0 Å². The fourth-order valence-electron chi connectivity index (χ4n) is 0.582. The van der Waals surface area contributed by atoms with Crippen molar-refractivity contribution in [3.63, 3.8) is 0 Å². The van der Waals surface area contributed by atoms with Gasteiger partial charge in [0.1, 0.15) is 0 Å². The Kier molecular flexibility index (Phi) is 26.5. The predicted molar refractivity (Wildman–Crippen MR) is 99.5 cm³/mol. The fraction of sp³-hybridized carbons (Fsp3) is 1.00. The van der Waals surface area contributed by atoms with E-state index in [1.165, 1.54) is 0 Å². The van der Waals surface area contributed by atoms with Crippen LogP contribution in [0.4, 0.5) is 0 Å². The van der Waals surface area contributed by atoms with E-state index in [9.17, 15) is 0 Å². The van der Waals surface area contributed by atoms with Gasteiger partial charge in [0, 0.05) is 6.61 Å². The Labute approximate surface area is 158 Å². The third-order valence-electron chi connectivity index (χ3n) is 2.39. The van der Waals surface area contributed by atoms with E-state index in [2.05, 4.69) is 35.0 Å². The van der Waals surface area contributed by atoms with Crippen molar-refractivity contribution < 1.29 is 39.0 Å². The third-order valence-corrected chi connectivity index (χ3v) is 2.39. The second-order valence-electron chi connectivity index (χ2n) is 5.65. The van der Waals surface area contributed by atoms with E-state index < -0.39 is 0 Å². The number of ether oxygens (including phenoxy) is 5. The van der Waals surface area contributed by atoms with Crippen LogP contribution in [0.25, 0.3) is 0 Å². The van der Waals surface area contributed by atoms with Gasteiger partial charge in [-0.05, 0) is 20.3 Å². The Morgan fingerprint density at radius 1 is 0.769 bits per heavy atom. The largest absolute Gasteiger partial charge is 0.396 e. The second-order valence-corrected chi connectivity index (χ2v) is 5.65. The Balaban J connectivity index is 0. The molecule has 2 atom stereocenters. The van der Waals surface area contributed by atoms with Crippen LogP contribution in [0.15, 0.2) is 0 Å². The summed E-state index contributed by atoms with van der Waals surface area (Å²) in [6.07, 6.45) is 3.20. The molecule has 0 aromatic rings. The predicted octanol–water partition coefficient (Wildman–Crippen LogP) is 0.610. The first-order valence-corrected chi connectivity index (χ1v) is 9.41. The standard InChI is InChI=1S/C4H10O3.C4H10O.2C3H6O.2C2H4O/c5-1-3-7-4-2-6;1-2-3-4-5;2*1-3-2-4-3;2*1-2-3-1/h5-6H,1-4H2;5H,2-4H2,1H3;2*3H,2H2,1H3;2*1-2H2. The molecule has 4 heterocycles. The lowest BCUT2D eigenvalue weighted by Crippen LogP contribution is -2.03. The average Bonchev–Trinajstić information content (AvgIpc) is 3.44. The van der Waals surface area contributed by atoms with Crippen LogP contribution in [0.1, 0.15) is 33.6 Å². The molecule has 4 fully saturated rings. The average molecular weight is 385 g/mol. The summed E-state index contributed by atoms with van der Waals surface area (Å²) in [7, 11) is 0. The zero-order valence-corrected chi connectivity index (χ0v) is 16.7. The molecule has 4 rings (SSSR count). The van der Waals surface area contributed by atoms with Crippen LogP contribution in [-0.4, -0.2) is 100 Å². The van der Waals surface area contributed by atoms with Crippen molar-refractivity contribution in [1.29, 1.82) is 0 Å². The lowest BCUT2D eigenvalue weighted by molar-refractivity contribution is 0.0650. The Morgan fingerprint density at radius 2 is 1.08 bits per heavy atom. The number of unbranched alkanes of at least 4 members (excludes halogenated alkanes) is 1. The maximum Gasteiger partial charge on any atom is 0.0781 e. The molecule has 2 unspecified atom stereocenters. The number of hydrogen-bond donors (Lipinski definition) is 3. The van der Waals surface area contributed by atoms with E-state index in [0.29, 0.717) is 32.0 Å². The first-order chi connectivity index (χ1) is 12.6. The summed E-state index contributed by atoms with van der Waals surface area (Å²) in [6, 6.07) is 0. The van der Waals surface area contributed by atoms with E-state index in [-0.39, 0.29) is 13.2 Å². The number of epoxide rings is 4. The summed E-state index contributed by atoms with van der Waals surface area (Å²) in [5.74, 6) is 0. The van der Waals surface area contributed by atoms with Crippen molar-refractivity contribution in [2.45, 2.75) is 45.8 Å². The molecular weight excluding hydrogens is 344 g/mol. The molecule has 0 saturated carbocycles. The van der Waals surface area contributed by atoms with Gasteiger partial charge >= 0.3 is 0 Å². The Bertz CT molecular complexity index is 204. The highest BCUT2D eigenvalue weighted by molar-refractivity contribution is 4.58. The van der Waals surface area contributed by atoms with Crippen LogP contribution in [0.5, 0.6) is 0 Å². The van der Waals surface area contributed by atoms with Crippen molar-refractivity contribution in [2.75, 3.05) is 72.7 Å². The SMILES string of the molecule is C1CO1.C1CO1.CC1CO1.CC1CO1.CCCCO.OCCOCCO. The molecule has 0 aromatic carbocycles. The third kappa shape index (κ3) is 65.1. The first kappa shape index (κ1) is 27.9. The van der Waals surface area contributed by atoms with Crippen molar-refractivity contribution >= 4 is 0 Å². The van der Waals surface area contributed by atoms with Crippen molar-refractivity contribution in [3.05, 3.63) is 0 Å². The van der Waals surface area contributed by atoms with Crippen molar-refractivity contribution in [2.24, 2.45) is 0 Å². The maximum absolute atomic E-state index is 8.09. The van der Waals surface area contributed by atoms with Crippen LogP contribution in [-0.2, 0) is 23.7 Å². The molecule has 8 nitrogen and oxygen atoms in total. The van der Waals surface area contributed by atoms with Gasteiger partial charge in [0.05, 0.1) is 78.3 Å². The zero-order chi connectivity index (χ0) is 19.9. The van der Waals surface area contributed by atoms with Crippen LogP contribution in [0, 0.1) is 0 Å². The molecule has 4 aliphatic heterocycles. The van der Waals surface area contributed by atoms with Crippen LogP contribution >= 0.6 is 0 Å². The Hall–Kier alpha value is -0.320. The minimum absolute atomic E-state index is 0.0278. The second kappa shape index (κ2) is 24.7. The van der Waals surface area contributed by atoms with Crippen LogP contribution in [0.2, 0.25) is 0 Å². The van der Waals surface area contributed by atoms with E-state index in [4.69, 9.17) is 24.8 Å². The molecule has 0 aliphatic carbocycles. The zero-order valence-electron chi connectivity index (χ0n) is 16.7. The highest BCUT2D eigenvalue weighted by atomic mass is 16.6. The molecule has 26 heavy (non-hydrogen) atoms.